The molecule has 4 nitrogen and oxygen atoms in total. The molecule has 1 heterocycles. The van der Waals surface area contributed by atoms with Gasteiger partial charge < -0.3 is 10.6 Å². The molecule has 1 aromatic rings. The molecule has 1 amide bonds. The molecule has 0 saturated heterocycles. The molecular formula is C16H27N3OS. The molecule has 5 heteroatoms. The molecule has 0 spiro atoms. The minimum absolute atomic E-state index is 0.0315. The molecule has 21 heavy (non-hydrogen) atoms. The summed E-state index contributed by atoms with van der Waals surface area (Å²) in [5.74, 6) is 0.744. The van der Waals surface area contributed by atoms with Gasteiger partial charge in [-0.3, -0.25) is 4.79 Å². The normalized spacial score (nSPS) is 11.3. The average Bonchev–Trinajstić information content (AvgIpc) is 2.45. The molecule has 0 atom stereocenters. The van der Waals surface area contributed by atoms with E-state index in [1.54, 1.807) is 11.8 Å². The van der Waals surface area contributed by atoms with Crippen LogP contribution in [0.1, 0.15) is 50.2 Å². The summed E-state index contributed by atoms with van der Waals surface area (Å²) >= 11 is 1.75. The van der Waals surface area contributed by atoms with Gasteiger partial charge in [-0.1, -0.05) is 13.3 Å². The maximum absolute atomic E-state index is 12.3. The highest BCUT2D eigenvalue weighted by atomic mass is 32.2. The van der Waals surface area contributed by atoms with Gasteiger partial charge in [0.25, 0.3) is 5.91 Å². The number of rotatable bonds is 8. The van der Waals surface area contributed by atoms with Crippen LogP contribution in [0, 0.1) is 0 Å². The minimum Gasteiger partial charge on any atom is -0.370 e. The third-order valence-electron chi connectivity index (χ3n) is 3.23. The van der Waals surface area contributed by atoms with Crippen LogP contribution in [-0.4, -0.2) is 35.0 Å². The van der Waals surface area contributed by atoms with Gasteiger partial charge >= 0.3 is 0 Å². The van der Waals surface area contributed by atoms with Crippen LogP contribution in [0.4, 0.5) is 5.82 Å². The maximum atomic E-state index is 12.3. The molecule has 1 rings (SSSR count). The molecule has 0 aromatic carbocycles. The summed E-state index contributed by atoms with van der Waals surface area (Å²) in [7, 11) is 0. The fourth-order valence-corrected chi connectivity index (χ4v) is 2.06. The number of pyridine rings is 1. The Labute approximate surface area is 132 Å². The summed E-state index contributed by atoms with van der Waals surface area (Å²) in [5.41, 5.74) is 1.64. The van der Waals surface area contributed by atoms with Gasteiger partial charge in [-0.15, -0.1) is 0 Å². The first-order valence-corrected chi connectivity index (χ1v) is 8.72. The number of carbonyl (C=O) groups is 1. The van der Waals surface area contributed by atoms with Crippen molar-refractivity contribution in [2.75, 3.05) is 24.7 Å². The number of hydrogen-bond acceptors (Lipinski definition) is 4. The Kier molecular flexibility index (Phi) is 7.02. The number of aromatic nitrogens is 1. The highest BCUT2D eigenvalue weighted by Crippen LogP contribution is 2.20. The van der Waals surface area contributed by atoms with E-state index in [9.17, 15) is 4.79 Å². The molecule has 0 radical (unpaired) electrons. The molecule has 2 N–H and O–H groups in total. The highest BCUT2D eigenvalue weighted by molar-refractivity contribution is 7.99. The second-order valence-electron chi connectivity index (χ2n) is 5.66. The van der Waals surface area contributed by atoms with Gasteiger partial charge in [-0.2, -0.15) is 11.8 Å². The zero-order valence-corrected chi connectivity index (χ0v) is 14.6. The Hall–Kier alpha value is -1.23. The van der Waals surface area contributed by atoms with E-state index < -0.39 is 0 Å². The number of carbonyl (C=O) groups excluding carboxylic acids is 1. The van der Waals surface area contributed by atoms with Gasteiger partial charge in [-0.25, -0.2) is 4.98 Å². The summed E-state index contributed by atoms with van der Waals surface area (Å²) in [6.07, 6.45) is 3.96. The van der Waals surface area contributed by atoms with E-state index in [1.165, 1.54) is 0 Å². The van der Waals surface area contributed by atoms with Gasteiger partial charge in [0.15, 0.2) is 0 Å². The van der Waals surface area contributed by atoms with Crippen molar-refractivity contribution in [1.29, 1.82) is 0 Å². The van der Waals surface area contributed by atoms with E-state index in [0.717, 1.165) is 30.9 Å². The van der Waals surface area contributed by atoms with Crippen molar-refractivity contribution in [2.24, 2.45) is 0 Å². The third kappa shape index (κ3) is 5.96. The Morgan fingerprint density at radius 3 is 2.62 bits per heavy atom. The van der Waals surface area contributed by atoms with E-state index in [2.05, 4.69) is 42.6 Å². The lowest BCUT2D eigenvalue weighted by molar-refractivity contribution is 0.0950. The Morgan fingerprint density at radius 1 is 1.33 bits per heavy atom. The van der Waals surface area contributed by atoms with Gasteiger partial charge in [0.05, 0.1) is 0 Å². The van der Waals surface area contributed by atoms with E-state index in [-0.39, 0.29) is 10.7 Å². The van der Waals surface area contributed by atoms with Crippen molar-refractivity contribution in [2.45, 2.75) is 45.3 Å². The molecule has 1 aromatic heterocycles. The Bertz CT molecular complexity index is 450. The lowest BCUT2D eigenvalue weighted by Gasteiger charge is -2.22. The molecule has 0 aliphatic heterocycles. The molecule has 0 aliphatic rings. The molecule has 0 aliphatic carbocycles. The SMILES string of the molecule is CCCc1cc(C(=O)NCC(C)(C)SC)cc(NCC)n1. The van der Waals surface area contributed by atoms with Crippen LogP contribution in [0.25, 0.3) is 0 Å². The summed E-state index contributed by atoms with van der Waals surface area (Å²) in [6.45, 7) is 9.82. The molecular weight excluding hydrogens is 282 g/mol. The van der Waals surface area contributed by atoms with Crippen molar-refractivity contribution in [3.8, 4) is 0 Å². The molecule has 0 unspecified atom stereocenters. The average molecular weight is 309 g/mol. The number of hydrogen-bond donors (Lipinski definition) is 2. The number of nitrogens with one attached hydrogen (secondary N) is 2. The van der Waals surface area contributed by atoms with Gasteiger partial charge in [-0.05, 0) is 45.6 Å². The number of aryl methyl sites for hydroxylation is 1. The lowest BCUT2D eigenvalue weighted by Crippen LogP contribution is -2.36. The smallest absolute Gasteiger partial charge is 0.251 e. The van der Waals surface area contributed by atoms with Crippen LogP contribution in [0.15, 0.2) is 12.1 Å². The number of amides is 1. The lowest BCUT2D eigenvalue weighted by atomic mass is 10.1. The first-order chi connectivity index (χ1) is 9.91. The first kappa shape index (κ1) is 17.8. The van der Waals surface area contributed by atoms with Crippen molar-refractivity contribution in [3.63, 3.8) is 0 Å². The van der Waals surface area contributed by atoms with Crippen molar-refractivity contribution in [1.82, 2.24) is 10.3 Å². The van der Waals surface area contributed by atoms with Crippen molar-refractivity contribution >= 4 is 23.5 Å². The van der Waals surface area contributed by atoms with E-state index in [4.69, 9.17) is 0 Å². The molecule has 118 valence electrons. The monoisotopic (exact) mass is 309 g/mol. The fraction of sp³-hybridized carbons (Fsp3) is 0.625. The fourth-order valence-electron chi connectivity index (χ4n) is 1.84. The summed E-state index contributed by atoms with van der Waals surface area (Å²) < 4.78 is 0.0411. The van der Waals surface area contributed by atoms with Crippen LogP contribution in [0.5, 0.6) is 0 Å². The molecule has 0 bridgehead atoms. The van der Waals surface area contributed by atoms with E-state index >= 15 is 0 Å². The second kappa shape index (κ2) is 8.27. The predicted molar refractivity (Wildman–Crippen MR) is 92.3 cm³/mol. The zero-order valence-electron chi connectivity index (χ0n) is 13.7. The number of anilines is 1. The summed E-state index contributed by atoms with van der Waals surface area (Å²) in [5, 5.41) is 6.20. The van der Waals surface area contributed by atoms with Crippen LogP contribution in [0.3, 0.4) is 0 Å². The quantitative estimate of drug-likeness (QED) is 0.773. The number of thioether (sulfide) groups is 1. The van der Waals surface area contributed by atoms with E-state index in [1.807, 2.05) is 19.1 Å². The summed E-state index contributed by atoms with van der Waals surface area (Å²) in [6, 6.07) is 3.72. The van der Waals surface area contributed by atoms with Crippen LogP contribution in [-0.2, 0) is 6.42 Å². The van der Waals surface area contributed by atoms with Crippen LogP contribution in [0.2, 0.25) is 0 Å². The maximum Gasteiger partial charge on any atom is 0.251 e. The van der Waals surface area contributed by atoms with Gasteiger partial charge in [0, 0.05) is 29.1 Å². The van der Waals surface area contributed by atoms with Crippen LogP contribution >= 0.6 is 11.8 Å². The Balaban J connectivity index is 2.86. The van der Waals surface area contributed by atoms with Crippen molar-refractivity contribution in [3.05, 3.63) is 23.4 Å². The third-order valence-corrected chi connectivity index (χ3v) is 4.48. The molecule has 0 saturated carbocycles. The standard InChI is InChI=1S/C16H27N3OS/c1-6-8-13-9-12(10-14(19-13)17-7-2)15(20)18-11-16(3,4)21-5/h9-10H,6-8,11H2,1-5H3,(H,17,19)(H,18,20). The zero-order chi connectivity index (χ0) is 15.9. The van der Waals surface area contributed by atoms with Crippen molar-refractivity contribution < 1.29 is 4.79 Å². The van der Waals surface area contributed by atoms with E-state index in [0.29, 0.717) is 12.1 Å². The van der Waals surface area contributed by atoms with Gasteiger partial charge in [0.1, 0.15) is 5.82 Å². The second-order valence-corrected chi connectivity index (χ2v) is 7.17. The van der Waals surface area contributed by atoms with Crippen LogP contribution < -0.4 is 10.6 Å². The molecule has 0 fully saturated rings. The summed E-state index contributed by atoms with van der Waals surface area (Å²) in [4.78, 5) is 16.9. The first-order valence-electron chi connectivity index (χ1n) is 7.50. The largest absolute Gasteiger partial charge is 0.370 e. The van der Waals surface area contributed by atoms with Gasteiger partial charge in [0.2, 0.25) is 0 Å². The predicted octanol–water partition coefficient (Wildman–Crippen LogP) is 3.34. The number of nitrogens with zero attached hydrogens (tertiary/aromatic N) is 1. The topological polar surface area (TPSA) is 54.0 Å². The minimum atomic E-state index is -0.0315. The Morgan fingerprint density at radius 2 is 2.05 bits per heavy atom. The highest BCUT2D eigenvalue weighted by Gasteiger charge is 2.18.